The second-order valence-corrected chi connectivity index (χ2v) is 7.65. The van der Waals surface area contributed by atoms with Gasteiger partial charge in [-0.25, -0.2) is 4.98 Å². The minimum atomic E-state index is 0.335. The van der Waals surface area contributed by atoms with E-state index in [0.29, 0.717) is 24.3 Å². The average Bonchev–Trinajstić information content (AvgIpc) is 3.12. The molecule has 0 aromatic carbocycles. The molecule has 1 aliphatic rings. The molecule has 0 radical (unpaired) electrons. The van der Waals surface area contributed by atoms with Crippen molar-refractivity contribution < 1.29 is 0 Å². The first-order valence-corrected chi connectivity index (χ1v) is 10.0. The van der Waals surface area contributed by atoms with Gasteiger partial charge in [0, 0.05) is 61.0 Å². The maximum atomic E-state index is 8.85. The average molecular weight is 390 g/mol. The second-order valence-electron chi connectivity index (χ2n) is 7.65. The molecule has 3 aromatic heterocycles. The van der Waals surface area contributed by atoms with Crippen molar-refractivity contribution in [2.24, 2.45) is 0 Å². The fraction of sp³-hybridized carbons (Fsp3) is 0.429. The lowest BCUT2D eigenvalue weighted by atomic mass is 9.98. The van der Waals surface area contributed by atoms with E-state index in [9.17, 15) is 0 Å². The SMILES string of the molecule is Cc1cc(Nc2cc3ncccc3c(N[C@H]3CCN(CCC#N)[C@H](C)C3)n2)n[nH]1. The summed E-state index contributed by atoms with van der Waals surface area (Å²) in [6, 6.07) is 10.9. The molecule has 29 heavy (non-hydrogen) atoms. The number of nitrogens with one attached hydrogen (secondary N) is 3. The van der Waals surface area contributed by atoms with Gasteiger partial charge in [0.15, 0.2) is 5.82 Å². The van der Waals surface area contributed by atoms with Crippen LogP contribution >= 0.6 is 0 Å². The van der Waals surface area contributed by atoms with Crippen molar-refractivity contribution in [3.05, 3.63) is 36.2 Å². The van der Waals surface area contributed by atoms with Crippen LogP contribution in [0.4, 0.5) is 17.5 Å². The quantitative estimate of drug-likeness (QED) is 0.591. The Morgan fingerprint density at radius 2 is 2.24 bits per heavy atom. The van der Waals surface area contributed by atoms with Crippen LogP contribution in [0.25, 0.3) is 10.9 Å². The first-order chi connectivity index (χ1) is 14.1. The predicted molar refractivity (Wildman–Crippen MR) is 114 cm³/mol. The van der Waals surface area contributed by atoms with Crippen LogP contribution in [0, 0.1) is 18.3 Å². The highest BCUT2D eigenvalue weighted by atomic mass is 15.2. The van der Waals surface area contributed by atoms with E-state index in [1.54, 1.807) is 6.20 Å². The fourth-order valence-electron chi connectivity index (χ4n) is 3.93. The summed E-state index contributed by atoms with van der Waals surface area (Å²) in [6.07, 6.45) is 4.42. The maximum absolute atomic E-state index is 8.85. The Kier molecular flexibility index (Phi) is 5.58. The monoisotopic (exact) mass is 390 g/mol. The van der Waals surface area contributed by atoms with Gasteiger partial charge in [0.2, 0.25) is 0 Å². The van der Waals surface area contributed by atoms with Crippen LogP contribution in [0.5, 0.6) is 0 Å². The summed E-state index contributed by atoms with van der Waals surface area (Å²) in [5.41, 5.74) is 1.88. The smallest absolute Gasteiger partial charge is 0.153 e. The van der Waals surface area contributed by atoms with E-state index in [1.807, 2.05) is 31.2 Å². The number of H-pyrrole nitrogens is 1. The number of likely N-dealkylation sites (tertiary alicyclic amines) is 1. The minimum absolute atomic E-state index is 0.335. The van der Waals surface area contributed by atoms with Gasteiger partial charge in [-0.2, -0.15) is 10.4 Å². The summed E-state index contributed by atoms with van der Waals surface area (Å²) in [4.78, 5) is 11.7. The van der Waals surface area contributed by atoms with Crippen molar-refractivity contribution in [2.45, 2.75) is 45.2 Å². The highest BCUT2D eigenvalue weighted by Gasteiger charge is 2.25. The van der Waals surface area contributed by atoms with Crippen LogP contribution in [0.15, 0.2) is 30.5 Å². The van der Waals surface area contributed by atoms with Gasteiger partial charge in [-0.15, -0.1) is 0 Å². The van der Waals surface area contributed by atoms with Crippen molar-refractivity contribution in [1.29, 1.82) is 5.26 Å². The molecule has 8 heteroatoms. The van der Waals surface area contributed by atoms with E-state index < -0.39 is 0 Å². The number of piperidine rings is 1. The number of aromatic nitrogens is 4. The Morgan fingerprint density at radius 3 is 3.00 bits per heavy atom. The number of aromatic amines is 1. The predicted octanol–water partition coefficient (Wildman–Crippen LogP) is 3.58. The highest BCUT2D eigenvalue weighted by molar-refractivity contribution is 5.91. The van der Waals surface area contributed by atoms with Crippen LogP contribution in [-0.2, 0) is 0 Å². The zero-order valence-electron chi connectivity index (χ0n) is 16.8. The lowest BCUT2D eigenvalue weighted by Gasteiger charge is -2.37. The van der Waals surface area contributed by atoms with E-state index in [4.69, 9.17) is 10.2 Å². The molecular formula is C21H26N8. The standard InChI is InChI=1S/C21H26N8/c1-14-11-20(28-27-14)25-19-13-18-17(5-3-8-23-18)21(26-19)24-16-6-10-29(9-4-7-22)15(2)12-16/h3,5,8,11,13,15-16H,4,6,9-10,12H2,1-2H3,(H3,24,25,26,27,28)/t15-,16+/m1/s1. The molecule has 0 spiro atoms. The molecule has 150 valence electrons. The van der Waals surface area contributed by atoms with Gasteiger partial charge in [-0.3, -0.25) is 15.0 Å². The molecule has 4 rings (SSSR count). The van der Waals surface area contributed by atoms with E-state index in [1.165, 1.54) is 0 Å². The van der Waals surface area contributed by atoms with Gasteiger partial charge >= 0.3 is 0 Å². The molecule has 0 aliphatic carbocycles. The van der Waals surface area contributed by atoms with Gasteiger partial charge in [0.05, 0.1) is 11.6 Å². The number of rotatable bonds is 6. The molecule has 0 bridgehead atoms. The topological polar surface area (TPSA) is 106 Å². The number of anilines is 3. The molecule has 3 N–H and O–H groups in total. The molecule has 1 fully saturated rings. The van der Waals surface area contributed by atoms with Crippen LogP contribution in [0.3, 0.4) is 0 Å². The van der Waals surface area contributed by atoms with Crippen LogP contribution in [0.2, 0.25) is 0 Å². The van der Waals surface area contributed by atoms with Crippen molar-refractivity contribution >= 4 is 28.4 Å². The Hall–Kier alpha value is -3.18. The Bertz CT molecular complexity index is 1020. The Balaban J connectivity index is 1.54. The number of fused-ring (bicyclic) bond motifs is 1. The summed E-state index contributed by atoms with van der Waals surface area (Å²) < 4.78 is 0. The number of nitrogens with zero attached hydrogens (tertiary/aromatic N) is 5. The molecule has 0 amide bonds. The van der Waals surface area contributed by atoms with Gasteiger partial charge < -0.3 is 10.6 Å². The third-order valence-electron chi connectivity index (χ3n) is 5.43. The number of nitriles is 1. The van der Waals surface area contributed by atoms with Crippen LogP contribution < -0.4 is 10.6 Å². The second kappa shape index (κ2) is 8.45. The molecule has 8 nitrogen and oxygen atoms in total. The van der Waals surface area contributed by atoms with E-state index >= 15 is 0 Å². The van der Waals surface area contributed by atoms with E-state index in [2.05, 4.69) is 43.7 Å². The molecule has 4 heterocycles. The Morgan fingerprint density at radius 1 is 1.34 bits per heavy atom. The summed E-state index contributed by atoms with van der Waals surface area (Å²) in [5, 5.41) is 23.9. The zero-order valence-corrected chi connectivity index (χ0v) is 16.8. The molecule has 3 aromatic rings. The van der Waals surface area contributed by atoms with Gasteiger partial charge in [0.1, 0.15) is 11.6 Å². The Labute approximate surface area is 170 Å². The number of hydrogen-bond acceptors (Lipinski definition) is 7. The summed E-state index contributed by atoms with van der Waals surface area (Å²) in [6.45, 7) is 6.03. The summed E-state index contributed by atoms with van der Waals surface area (Å²) >= 11 is 0. The maximum Gasteiger partial charge on any atom is 0.153 e. The van der Waals surface area contributed by atoms with Gasteiger partial charge in [-0.05, 0) is 38.8 Å². The third kappa shape index (κ3) is 4.46. The van der Waals surface area contributed by atoms with Crippen LogP contribution in [-0.4, -0.2) is 50.2 Å². The molecule has 0 saturated carbocycles. The van der Waals surface area contributed by atoms with E-state index in [0.717, 1.165) is 54.2 Å². The normalized spacial score (nSPS) is 19.8. The lowest BCUT2D eigenvalue weighted by Crippen LogP contribution is -2.45. The van der Waals surface area contributed by atoms with Crippen molar-refractivity contribution in [3.63, 3.8) is 0 Å². The van der Waals surface area contributed by atoms with Crippen LogP contribution in [0.1, 0.15) is 31.9 Å². The molecule has 0 unspecified atom stereocenters. The van der Waals surface area contributed by atoms with Crippen molar-refractivity contribution in [3.8, 4) is 6.07 Å². The summed E-state index contributed by atoms with van der Waals surface area (Å²) in [5.74, 6) is 2.29. The third-order valence-corrected chi connectivity index (χ3v) is 5.43. The highest BCUT2D eigenvalue weighted by Crippen LogP contribution is 2.28. The lowest BCUT2D eigenvalue weighted by molar-refractivity contribution is 0.156. The minimum Gasteiger partial charge on any atom is -0.367 e. The number of aryl methyl sites for hydroxylation is 1. The molecule has 2 atom stereocenters. The zero-order chi connectivity index (χ0) is 20.2. The summed E-state index contributed by atoms with van der Waals surface area (Å²) in [7, 11) is 0. The first kappa shape index (κ1) is 19.2. The fourth-order valence-corrected chi connectivity index (χ4v) is 3.93. The van der Waals surface area contributed by atoms with E-state index in [-0.39, 0.29) is 0 Å². The van der Waals surface area contributed by atoms with Crippen molar-refractivity contribution in [2.75, 3.05) is 23.7 Å². The largest absolute Gasteiger partial charge is 0.367 e. The van der Waals surface area contributed by atoms with Gasteiger partial charge in [-0.1, -0.05) is 0 Å². The van der Waals surface area contributed by atoms with Crippen molar-refractivity contribution in [1.82, 2.24) is 25.1 Å². The molecule has 1 aliphatic heterocycles. The van der Waals surface area contributed by atoms with Gasteiger partial charge in [0.25, 0.3) is 0 Å². The molecular weight excluding hydrogens is 364 g/mol. The number of pyridine rings is 2. The number of hydrogen-bond donors (Lipinski definition) is 3. The first-order valence-electron chi connectivity index (χ1n) is 10.0. The molecule has 1 saturated heterocycles.